The van der Waals surface area contributed by atoms with Crippen molar-refractivity contribution in [2.45, 2.75) is 24.4 Å². The molecule has 0 unspecified atom stereocenters. The molecule has 0 bridgehead atoms. The Balaban J connectivity index is 1.57. The van der Waals surface area contributed by atoms with Crippen LogP contribution in [-0.2, 0) is 17.8 Å². The fourth-order valence-corrected chi connectivity index (χ4v) is 4.68. The van der Waals surface area contributed by atoms with E-state index in [0.717, 1.165) is 17.3 Å². The van der Waals surface area contributed by atoms with Gasteiger partial charge in [-0.3, -0.25) is 0 Å². The summed E-state index contributed by atoms with van der Waals surface area (Å²) < 4.78 is 6.74. The van der Waals surface area contributed by atoms with E-state index < -0.39 is 0 Å². The first-order valence-corrected chi connectivity index (χ1v) is 11.1. The van der Waals surface area contributed by atoms with E-state index >= 15 is 0 Å². The number of nitrogens with one attached hydrogen (secondary N) is 1. The van der Waals surface area contributed by atoms with Crippen molar-refractivity contribution in [2.24, 2.45) is 0 Å². The van der Waals surface area contributed by atoms with Crippen molar-refractivity contribution in [3.8, 4) is 0 Å². The maximum absolute atomic E-state index is 12.3. The number of amides is 1. The molecule has 0 spiro atoms. The summed E-state index contributed by atoms with van der Waals surface area (Å²) in [7, 11) is 0. The van der Waals surface area contributed by atoms with Crippen LogP contribution in [0.1, 0.15) is 11.1 Å². The van der Waals surface area contributed by atoms with Crippen molar-refractivity contribution in [3.63, 3.8) is 0 Å². The monoisotopic (exact) mass is 425 g/mol. The minimum atomic E-state index is -0.358. The van der Waals surface area contributed by atoms with Crippen LogP contribution in [0.15, 0.2) is 91.0 Å². The van der Waals surface area contributed by atoms with Gasteiger partial charge in [0.05, 0.1) is 0 Å². The third-order valence-corrected chi connectivity index (χ3v) is 6.52. The average Bonchev–Trinajstić information content (AvgIpc) is 2.73. The Kier molecular flexibility index (Phi) is 7.52. The van der Waals surface area contributed by atoms with Crippen LogP contribution in [-0.4, -0.2) is 27.1 Å². The Hall–Kier alpha value is -2.55. The van der Waals surface area contributed by atoms with E-state index in [2.05, 4.69) is 41.7 Å². The van der Waals surface area contributed by atoms with Crippen LogP contribution in [0.5, 0.6) is 0 Å². The van der Waals surface area contributed by atoms with Gasteiger partial charge in [-0.25, -0.2) is 0 Å². The molecule has 3 rings (SSSR count). The molecule has 27 heavy (non-hydrogen) atoms. The second-order valence-corrected chi connectivity index (χ2v) is 8.51. The van der Waals surface area contributed by atoms with E-state index in [0.29, 0.717) is 15.0 Å². The molecule has 0 aliphatic heterocycles. The Labute approximate surface area is 166 Å². The van der Waals surface area contributed by atoms with Crippen molar-refractivity contribution in [1.82, 2.24) is 5.32 Å². The molecule has 138 valence electrons. The Morgan fingerprint density at radius 1 is 0.815 bits per heavy atom. The third kappa shape index (κ3) is 6.93. The standard InChI is InChI=1S/C23H23NO2Se/c25-23(26-17-20-12-6-2-7-13-20)24-21(16-19-10-4-1-5-11-19)18-27-22-14-8-3-9-15-22/h1-15,21H,16-18H2,(H,24,25)/t21-/m0/s1. The number of hydrogen-bond acceptors (Lipinski definition) is 2. The number of alkyl carbamates (subject to hydrolysis) is 1. The Bertz CT molecular complexity index is 810. The SMILES string of the molecule is O=C(N[C@H](C[Se]c1ccccc1)Cc1ccccc1)OCc1ccccc1. The second-order valence-electron chi connectivity index (χ2n) is 6.22. The van der Waals surface area contributed by atoms with Crippen LogP contribution in [0.4, 0.5) is 4.79 Å². The third-order valence-electron chi connectivity index (χ3n) is 4.05. The normalized spacial score (nSPS) is 11.6. The molecule has 0 fully saturated rings. The second kappa shape index (κ2) is 10.6. The molecule has 0 aliphatic rings. The molecule has 3 aromatic carbocycles. The van der Waals surface area contributed by atoms with Gasteiger partial charge in [0.2, 0.25) is 0 Å². The van der Waals surface area contributed by atoms with Gasteiger partial charge >= 0.3 is 167 Å². The minimum absolute atomic E-state index is 0.0517. The molecule has 3 nitrogen and oxygen atoms in total. The van der Waals surface area contributed by atoms with Gasteiger partial charge in [-0.15, -0.1) is 0 Å². The van der Waals surface area contributed by atoms with E-state index in [1.807, 2.05) is 54.6 Å². The van der Waals surface area contributed by atoms with Gasteiger partial charge in [-0.05, 0) is 0 Å². The van der Waals surface area contributed by atoms with Crippen LogP contribution in [0.2, 0.25) is 5.32 Å². The van der Waals surface area contributed by atoms with Gasteiger partial charge in [0, 0.05) is 0 Å². The number of carbonyl (C=O) groups is 1. The molecule has 1 atom stereocenters. The van der Waals surface area contributed by atoms with Crippen molar-refractivity contribution in [2.75, 3.05) is 0 Å². The van der Waals surface area contributed by atoms with Gasteiger partial charge < -0.3 is 0 Å². The van der Waals surface area contributed by atoms with E-state index in [4.69, 9.17) is 4.74 Å². The zero-order valence-electron chi connectivity index (χ0n) is 15.1. The molecule has 0 aromatic heterocycles. The Morgan fingerprint density at radius 3 is 2.00 bits per heavy atom. The zero-order chi connectivity index (χ0) is 18.7. The predicted molar refractivity (Wildman–Crippen MR) is 110 cm³/mol. The van der Waals surface area contributed by atoms with Crippen LogP contribution < -0.4 is 9.78 Å². The quantitative estimate of drug-likeness (QED) is 0.556. The fourth-order valence-electron chi connectivity index (χ4n) is 2.70. The van der Waals surface area contributed by atoms with E-state index in [9.17, 15) is 4.79 Å². The molecule has 1 N–H and O–H groups in total. The summed E-state index contributed by atoms with van der Waals surface area (Å²) in [5.74, 6) is 0. The van der Waals surface area contributed by atoms with Crippen molar-refractivity contribution in [3.05, 3.63) is 102 Å². The fraction of sp³-hybridized carbons (Fsp3) is 0.174. The molecule has 0 aliphatic carbocycles. The molecule has 0 saturated heterocycles. The average molecular weight is 424 g/mol. The van der Waals surface area contributed by atoms with Crippen molar-refractivity contribution >= 4 is 25.5 Å². The number of hydrogen-bond donors (Lipinski definition) is 1. The maximum atomic E-state index is 12.3. The molecule has 0 saturated carbocycles. The van der Waals surface area contributed by atoms with Gasteiger partial charge in [0.1, 0.15) is 0 Å². The number of carbonyl (C=O) groups excluding carboxylic acids is 1. The summed E-state index contributed by atoms with van der Waals surface area (Å²) in [6, 6.07) is 30.5. The summed E-state index contributed by atoms with van der Waals surface area (Å²) >= 11 is 0.299. The molecule has 0 radical (unpaired) electrons. The summed E-state index contributed by atoms with van der Waals surface area (Å²) in [6.07, 6.45) is 0.444. The topological polar surface area (TPSA) is 38.3 Å². The van der Waals surface area contributed by atoms with E-state index in [1.54, 1.807) is 0 Å². The summed E-state index contributed by atoms with van der Waals surface area (Å²) in [5.41, 5.74) is 2.20. The van der Waals surface area contributed by atoms with Gasteiger partial charge in [0.15, 0.2) is 0 Å². The number of ether oxygens (including phenoxy) is 1. The first-order valence-electron chi connectivity index (χ1n) is 8.98. The van der Waals surface area contributed by atoms with Gasteiger partial charge in [0.25, 0.3) is 0 Å². The molecule has 3 aromatic rings. The van der Waals surface area contributed by atoms with Gasteiger partial charge in [-0.1, -0.05) is 0 Å². The van der Waals surface area contributed by atoms with Crippen LogP contribution >= 0.6 is 0 Å². The summed E-state index contributed by atoms with van der Waals surface area (Å²) in [5, 5.41) is 3.98. The van der Waals surface area contributed by atoms with Crippen LogP contribution in [0.3, 0.4) is 0 Å². The first kappa shape index (κ1) is 19.2. The van der Waals surface area contributed by atoms with Crippen molar-refractivity contribution < 1.29 is 9.53 Å². The molecule has 4 heteroatoms. The summed E-state index contributed by atoms with van der Waals surface area (Å²) in [6.45, 7) is 0.286. The molecular formula is C23H23NO2Se. The number of benzene rings is 3. The van der Waals surface area contributed by atoms with E-state index in [1.165, 1.54) is 10.0 Å². The first-order chi connectivity index (χ1) is 13.3. The Morgan fingerprint density at radius 2 is 1.37 bits per heavy atom. The van der Waals surface area contributed by atoms with Crippen LogP contribution in [0.25, 0.3) is 0 Å². The molecular weight excluding hydrogens is 401 g/mol. The zero-order valence-corrected chi connectivity index (χ0v) is 16.8. The van der Waals surface area contributed by atoms with Crippen LogP contribution in [0, 0.1) is 0 Å². The van der Waals surface area contributed by atoms with E-state index in [-0.39, 0.29) is 18.7 Å². The van der Waals surface area contributed by atoms with Crippen molar-refractivity contribution in [1.29, 1.82) is 0 Å². The molecule has 0 heterocycles. The molecule has 1 amide bonds. The number of rotatable bonds is 8. The van der Waals surface area contributed by atoms with Gasteiger partial charge in [-0.2, -0.15) is 0 Å². The summed E-state index contributed by atoms with van der Waals surface area (Å²) in [4.78, 5) is 12.3. The predicted octanol–water partition coefficient (Wildman–Crippen LogP) is 3.97.